The van der Waals surface area contributed by atoms with Crippen LogP contribution in [-0.4, -0.2) is 19.3 Å². The van der Waals surface area contributed by atoms with Gasteiger partial charge in [-0.1, -0.05) is 12.1 Å². The topological polar surface area (TPSA) is 41.5 Å². The van der Waals surface area contributed by atoms with Crippen LogP contribution in [0, 0.1) is 0 Å². The van der Waals surface area contributed by atoms with E-state index >= 15 is 0 Å². The Morgan fingerprint density at radius 3 is 2.23 bits per heavy atom. The third kappa shape index (κ3) is 2.20. The van der Waals surface area contributed by atoms with Crippen molar-refractivity contribution in [3.8, 4) is 5.75 Å². The normalized spacial score (nSPS) is 15.1. The van der Waals surface area contributed by atoms with Crippen molar-refractivity contribution < 1.29 is 9.84 Å². The number of nitrogens with one attached hydrogen (secondary N) is 1. The molecular weight excluding hydrogens is 166 g/mol. The number of aliphatic hydroxyl groups is 1. The fourth-order valence-electron chi connectivity index (χ4n) is 1.06. The molecule has 0 radical (unpaired) electrons. The Hall–Kier alpha value is -1.06. The second-order valence-corrected chi connectivity index (χ2v) is 3.05. The first-order valence-electron chi connectivity index (χ1n) is 4.16. The highest BCUT2D eigenvalue weighted by Gasteiger charge is 2.19. The van der Waals surface area contributed by atoms with Crippen LogP contribution >= 0.6 is 0 Å². The van der Waals surface area contributed by atoms with E-state index in [4.69, 9.17) is 4.74 Å². The summed E-state index contributed by atoms with van der Waals surface area (Å²) in [7, 11) is 3.33. The van der Waals surface area contributed by atoms with Gasteiger partial charge in [0.05, 0.1) is 7.11 Å². The molecule has 0 aliphatic rings. The molecule has 0 aliphatic heterocycles. The van der Waals surface area contributed by atoms with Crippen LogP contribution < -0.4 is 10.1 Å². The summed E-state index contributed by atoms with van der Waals surface area (Å²) in [4.78, 5) is 0. The number of hydrogen-bond acceptors (Lipinski definition) is 3. The fourth-order valence-corrected chi connectivity index (χ4v) is 1.06. The van der Waals surface area contributed by atoms with Gasteiger partial charge in [0, 0.05) is 0 Å². The van der Waals surface area contributed by atoms with Crippen LogP contribution in [0.25, 0.3) is 0 Å². The molecule has 1 atom stereocenters. The Morgan fingerprint density at radius 2 is 1.85 bits per heavy atom. The highest BCUT2D eigenvalue weighted by molar-refractivity contribution is 5.29. The first kappa shape index (κ1) is 10.0. The number of hydrogen-bond donors (Lipinski definition) is 2. The molecule has 1 aromatic rings. The van der Waals surface area contributed by atoms with E-state index in [9.17, 15) is 5.11 Å². The Kier molecular flexibility index (Phi) is 2.90. The van der Waals surface area contributed by atoms with Gasteiger partial charge in [-0.3, -0.25) is 5.32 Å². The van der Waals surface area contributed by atoms with E-state index < -0.39 is 5.72 Å². The Bertz CT molecular complexity index is 267. The SMILES string of the molecule is CNC(C)(O)c1ccc(OC)cc1. The average Bonchev–Trinajstić information content (AvgIpc) is 2.18. The molecule has 0 aliphatic carbocycles. The maximum absolute atomic E-state index is 9.81. The second-order valence-electron chi connectivity index (χ2n) is 3.05. The molecule has 1 aromatic carbocycles. The highest BCUT2D eigenvalue weighted by atomic mass is 16.5. The van der Waals surface area contributed by atoms with Crippen molar-refractivity contribution in [1.82, 2.24) is 5.32 Å². The molecular formula is C10H15NO2. The zero-order valence-corrected chi connectivity index (χ0v) is 8.16. The lowest BCUT2D eigenvalue weighted by Crippen LogP contribution is -2.36. The lowest BCUT2D eigenvalue weighted by Gasteiger charge is -2.22. The largest absolute Gasteiger partial charge is 0.497 e. The molecule has 3 nitrogen and oxygen atoms in total. The van der Waals surface area contributed by atoms with Gasteiger partial charge in [0.25, 0.3) is 0 Å². The molecule has 0 bridgehead atoms. The Labute approximate surface area is 78.3 Å². The van der Waals surface area contributed by atoms with Gasteiger partial charge in [-0.15, -0.1) is 0 Å². The molecule has 3 heteroatoms. The third-order valence-corrected chi connectivity index (χ3v) is 2.14. The number of rotatable bonds is 3. The number of methoxy groups -OCH3 is 1. The first-order chi connectivity index (χ1) is 6.10. The van der Waals surface area contributed by atoms with E-state index in [-0.39, 0.29) is 0 Å². The van der Waals surface area contributed by atoms with Gasteiger partial charge in [-0.2, -0.15) is 0 Å². The van der Waals surface area contributed by atoms with Crippen LogP contribution in [0.3, 0.4) is 0 Å². The van der Waals surface area contributed by atoms with Crippen LogP contribution in [0.1, 0.15) is 12.5 Å². The Morgan fingerprint density at radius 1 is 1.31 bits per heavy atom. The predicted octanol–water partition coefficient (Wildman–Crippen LogP) is 1.08. The fraction of sp³-hybridized carbons (Fsp3) is 0.400. The smallest absolute Gasteiger partial charge is 0.139 e. The van der Waals surface area contributed by atoms with Gasteiger partial charge >= 0.3 is 0 Å². The van der Waals surface area contributed by atoms with Crippen molar-refractivity contribution in [2.75, 3.05) is 14.2 Å². The molecule has 0 aromatic heterocycles. The van der Waals surface area contributed by atoms with Crippen molar-refractivity contribution in [3.63, 3.8) is 0 Å². The summed E-state index contributed by atoms with van der Waals surface area (Å²) in [6.07, 6.45) is 0. The molecule has 0 saturated carbocycles. The molecule has 72 valence electrons. The summed E-state index contributed by atoms with van der Waals surface area (Å²) in [5.74, 6) is 0.788. The van der Waals surface area contributed by atoms with E-state index in [1.807, 2.05) is 24.3 Å². The lowest BCUT2D eigenvalue weighted by molar-refractivity contribution is 0.0282. The minimum Gasteiger partial charge on any atom is -0.497 e. The summed E-state index contributed by atoms with van der Waals surface area (Å²) in [6, 6.07) is 7.30. The second kappa shape index (κ2) is 3.77. The van der Waals surface area contributed by atoms with E-state index in [2.05, 4.69) is 5.32 Å². The molecule has 13 heavy (non-hydrogen) atoms. The summed E-state index contributed by atoms with van der Waals surface area (Å²) < 4.78 is 5.01. The van der Waals surface area contributed by atoms with Crippen LogP contribution in [0.4, 0.5) is 0 Å². The van der Waals surface area contributed by atoms with Crippen LogP contribution in [0.15, 0.2) is 24.3 Å². The molecule has 0 fully saturated rings. The quantitative estimate of drug-likeness (QED) is 0.686. The average molecular weight is 181 g/mol. The summed E-state index contributed by atoms with van der Waals surface area (Å²) in [5, 5.41) is 12.6. The number of benzene rings is 1. The van der Waals surface area contributed by atoms with Crippen LogP contribution in [0.5, 0.6) is 5.75 Å². The Balaban J connectivity index is 2.92. The maximum Gasteiger partial charge on any atom is 0.139 e. The van der Waals surface area contributed by atoms with Gasteiger partial charge in [-0.25, -0.2) is 0 Å². The zero-order chi connectivity index (χ0) is 9.90. The summed E-state index contributed by atoms with van der Waals surface area (Å²) >= 11 is 0. The molecule has 0 spiro atoms. The van der Waals surface area contributed by atoms with Gasteiger partial charge in [-0.05, 0) is 31.7 Å². The third-order valence-electron chi connectivity index (χ3n) is 2.14. The zero-order valence-electron chi connectivity index (χ0n) is 8.16. The van der Waals surface area contributed by atoms with Gasteiger partial charge in [0.2, 0.25) is 0 Å². The van der Waals surface area contributed by atoms with Gasteiger partial charge in [0.1, 0.15) is 11.5 Å². The van der Waals surface area contributed by atoms with Crippen molar-refractivity contribution in [3.05, 3.63) is 29.8 Å². The summed E-state index contributed by atoms with van der Waals surface area (Å²) in [6.45, 7) is 1.70. The van der Waals surface area contributed by atoms with E-state index in [1.165, 1.54) is 0 Å². The highest BCUT2D eigenvalue weighted by Crippen LogP contribution is 2.19. The van der Waals surface area contributed by atoms with Crippen molar-refractivity contribution in [2.45, 2.75) is 12.6 Å². The van der Waals surface area contributed by atoms with Gasteiger partial charge in [0.15, 0.2) is 0 Å². The molecule has 1 unspecified atom stereocenters. The predicted molar refractivity (Wildman–Crippen MR) is 51.6 cm³/mol. The van der Waals surface area contributed by atoms with Crippen molar-refractivity contribution in [1.29, 1.82) is 0 Å². The summed E-state index contributed by atoms with van der Waals surface area (Å²) in [5.41, 5.74) is -0.164. The van der Waals surface area contributed by atoms with Crippen LogP contribution in [-0.2, 0) is 5.72 Å². The maximum atomic E-state index is 9.81. The van der Waals surface area contributed by atoms with Gasteiger partial charge < -0.3 is 9.84 Å². The minimum atomic E-state index is -0.980. The molecule has 0 saturated heterocycles. The van der Waals surface area contributed by atoms with E-state index in [0.29, 0.717) is 0 Å². The van der Waals surface area contributed by atoms with E-state index in [1.54, 1.807) is 21.1 Å². The van der Waals surface area contributed by atoms with Crippen molar-refractivity contribution in [2.24, 2.45) is 0 Å². The molecule has 0 heterocycles. The standard InChI is InChI=1S/C10H15NO2/c1-10(12,11-2)8-4-6-9(13-3)7-5-8/h4-7,11-12H,1-3H3. The van der Waals surface area contributed by atoms with Crippen LogP contribution in [0.2, 0.25) is 0 Å². The van der Waals surface area contributed by atoms with E-state index in [0.717, 1.165) is 11.3 Å². The monoisotopic (exact) mass is 181 g/mol. The van der Waals surface area contributed by atoms with Crippen molar-refractivity contribution >= 4 is 0 Å². The minimum absolute atomic E-state index is 0.788. The number of ether oxygens (including phenoxy) is 1. The molecule has 0 amide bonds. The lowest BCUT2D eigenvalue weighted by atomic mass is 10.1. The first-order valence-corrected chi connectivity index (χ1v) is 4.16. The molecule has 1 rings (SSSR count). The molecule has 2 N–H and O–H groups in total.